The number of hydrogen-bond donors (Lipinski definition) is 1. The minimum Gasteiger partial charge on any atom is -0.484 e. The smallest absolute Gasteiger partial charge is 0.260 e. The Morgan fingerprint density at radius 3 is 2.83 bits per heavy atom. The Bertz CT molecular complexity index is 581. The normalized spacial score (nSPS) is 20.6. The van der Waals surface area contributed by atoms with E-state index in [4.69, 9.17) is 10.5 Å². The predicted octanol–water partition coefficient (Wildman–Crippen LogP) is 1.17. The highest BCUT2D eigenvalue weighted by Gasteiger charge is 2.24. The Labute approximate surface area is 142 Å². The third-order valence-electron chi connectivity index (χ3n) is 4.14. The van der Waals surface area contributed by atoms with Gasteiger partial charge in [0.15, 0.2) is 6.61 Å². The van der Waals surface area contributed by atoms with Gasteiger partial charge in [0.25, 0.3) is 5.91 Å². The standard InChI is InChI=1S/C16H21N3O3.ClH/c17-12-6-8-18(10-12)16(21)11-22-14-4-1-3-13(9-14)19-7-2-5-15(19)20;/h1,3-4,9,12H,2,5-8,10-11,17H2;1H/t12-;/m1./s1. The van der Waals surface area contributed by atoms with Gasteiger partial charge in [-0.3, -0.25) is 9.59 Å². The van der Waals surface area contributed by atoms with Crippen LogP contribution in [-0.4, -0.2) is 49.0 Å². The zero-order valence-corrected chi connectivity index (χ0v) is 13.8. The summed E-state index contributed by atoms with van der Waals surface area (Å²) in [6.45, 7) is 2.05. The molecule has 2 fully saturated rings. The number of halogens is 1. The lowest BCUT2D eigenvalue weighted by Crippen LogP contribution is -2.35. The molecule has 0 bridgehead atoms. The van der Waals surface area contributed by atoms with Crippen molar-refractivity contribution in [2.45, 2.75) is 25.3 Å². The molecule has 0 aliphatic carbocycles. The molecule has 2 saturated heterocycles. The molecule has 2 amide bonds. The maximum absolute atomic E-state index is 12.0. The first-order valence-electron chi connectivity index (χ1n) is 7.70. The maximum Gasteiger partial charge on any atom is 0.260 e. The van der Waals surface area contributed by atoms with Crippen LogP contribution in [0.2, 0.25) is 0 Å². The lowest BCUT2D eigenvalue weighted by Gasteiger charge is -2.18. The van der Waals surface area contributed by atoms with E-state index in [0.29, 0.717) is 25.3 Å². The number of amides is 2. The molecule has 1 aromatic carbocycles. The Kier molecular flexibility index (Phi) is 5.85. The van der Waals surface area contributed by atoms with Crippen molar-refractivity contribution >= 4 is 29.9 Å². The summed E-state index contributed by atoms with van der Waals surface area (Å²) < 4.78 is 5.58. The summed E-state index contributed by atoms with van der Waals surface area (Å²) in [5, 5.41) is 0. The second kappa shape index (κ2) is 7.66. The van der Waals surface area contributed by atoms with Gasteiger partial charge in [-0.2, -0.15) is 0 Å². The molecule has 6 nitrogen and oxygen atoms in total. The zero-order valence-electron chi connectivity index (χ0n) is 12.9. The zero-order chi connectivity index (χ0) is 15.5. The second-order valence-electron chi connectivity index (χ2n) is 5.82. The molecule has 126 valence electrons. The third-order valence-corrected chi connectivity index (χ3v) is 4.14. The number of nitrogens with two attached hydrogens (primary N) is 1. The fourth-order valence-electron chi connectivity index (χ4n) is 2.91. The van der Waals surface area contributed by atoms with E-state index < -0.39 is 0 Å². The summed E-state index contributed by atoms with van der Waals surface area (Å²) in [6.07, 6.45) is 2.33. The fraction of sp³-hybridized carbons (Fsp3) is 0.500. The van der Waals surface area contributed by atoms with E-state index in [-0.39, 0.29) is 36.9 Å². The molecular formula is C16H22ClN3O3. The molecule has 3 rings (SSSR count). The fourth-order valence-corrected chi connectivity index (χ4v) is 2.91. The van der Waals surface area contributed by atoms with E-state index in [1.807, 2.05) is 18.2 Å². The number of anilines is 1. The summed E-state index contributed by atoms with van der Waals surface area (Å²) in [6, 6.07) is 7.41. The summed E-state index contributed by atoms with van der Waals surface area (Å²) in [4.78, 5) is 27.3. The Morgan fingerprint density at radius 2 is 2.17 bits per heavy atom. The van der Waals surface area contributed by atoms with Crippen molar-refractivity contribution in [1.29, 1.82) is 0 Å². The Balaban J connectivity index is 0.00000192. The molecule has 23 heavy (non-hydrogen) atoms. The number of benzene rings is 1. The van der Waals surface area contributed by atoms with Gasteiger partial charge >= 0.3 is 0 Å². The van der Waals surface area contributed by atoms with Gasteiger partial charge in [0, 0.05) is 43.9 Å². The molecule has 7 heteroatoms. The molecule has 2 aliphatic heterocycles. The van der Waals surface area contributed by atoms with Crippen molar-refractivity contribution in [3.05, 3.63) is 24.3 Å². The molecule has 1 atom stereocenters. The first-order chi connectivity index (χ1) is 10.6. The van der Waals surface area contributed by atoms with Gasteiger partial charge < -0.3 is 20.3 Å². The quantitative estimate of drug-likeness (QED) is 0.893. The lowest BCUT2D eigenvalue weighted by molar-refractivity contribution is -0.132. The largest absolute Gasteiger partial charge is 0.484 e. The third kappa shape index (κ3) is 4.14. The summed E-state index contributed by atoms with van der Waals surface area (Å²) >= 11 is 0. The number of ether oxygens (including phenoxy) is 1. The molecule has 0 spiro atoms. The number of carbonyl (C=O) groups is 2. The average Bonchev–Trinajstić information content (AvgIpc) is 3.13. The van der Waals surface area contributed by atoms with Gasteiger partial charge in [-0.1, -0.05) is 6.07 Å². The second-order valence-corrected chi connectivity index (χ2v) is 5.82. The van der Waals surface area contributed by atoms with Crippen LogP contribution in [0.15, 0.2) is 24.3 Å². The monoisotopic (exact) mass is 339 g/mol. The highest BCUT2D eigenvalue weighted by Crippen LogP contribution is 2.25. The van der Waals surface area contributed by atoms with Crippen LogP contribution in [0.5, 0.6) is 5.75 Å². The topological polar surface area (TPSA) is 75.9 Å². The predicted molar refractivity (Wildman–Crippen MR) is 89.9 cm³/mol. The highest BCUT2D eigenvalue weighted by molar-refractivity contribution is 5.95. The minimum absolute atomic E-state index is 0. The first kappa shape index (κ1) is 17.6. The van der Waals surface area contributed by atoms with E-state index in [1.165, 1.54) is 0 Å². The van der Waals surface area contributed by atoms with Crippen LogP contribution in [0.25, 0.3) is 0 Å². The molecule has 0 saturated carbocycles. The molecule has 0 unspecified atom stereocenters. The first-order valence-corrected chi connectivity index (χ1v) is 7.70. The van der Waals surface area contributed by atoms with Gasteiger partial charge in [-0.15, -0.1) is 12.4 Å². The van der Waals surface area contributed by atoms with Gasteiger partial charge in [0.05, 0.1) is 0 Å². The number of carbonyl (C=O) groups excluding carboxylic acids is 2. The van der Waals surface area contributed by atoms with Crippen molar-refractivity contribution in [1.82, 2.24) is 4.90 Å². The van der Waals surface area contributed by atoms with Crippen LogP contribution in [0, 0.1) is 0 Å². The van der Waals surface area contributed by atoms with Crippen molar-refractivity contribution in [2.75, 3.05) is 31.1 Å². The van der Waals surface area contributed by atoms with Crippen molar-refractivity contribution in [3.63, 3.8) is 0 Å². The van der Waals surface area contributed by atoms with E-state index in [0.717, 1.165) is 25.1 Å². The molecule has 0 aromatic heterocycles. The average molecular weight is 340 g/mol. The van der Waals surface area contributed by atoms with E-state index in [2.05, 4.69) is 0 Å². The highest BCUT2D eigenvalue weighted by atomic mass is 35.5. The van der Waals surface area contributed by atoms with Crippen LogP contribution in [-0.2, 0) is 9.59 Å². The van der Waals surface area contributed by atoms with Crippen LogP contribution in [0.4, 0.5) is 5.69 Å². The van der Waals surface area contributed by atoms with E-state index in [1.54, 1.807) is 15.9 Å². The minimum atomic E-state index is -0.0457. The van der Waals surface area contributed by atoms with Gasteiger partial charge in [-0.05, 0) is 25.0 Å². The van der Waals surface area contributed by atoms with Crippen LogP contribution in [0.3, 0.4) is 0 Å². The maximum atomic E-state index is 12.0. The number of likely N-dealkylation sites (tertiary alicyclic amines) is 1. The summed E-state index contributed by atoms with van der Waals surface area (Å²) in [7, 11) is 0. The molecule has 0 radical (unpaired) electrons. The molecule has 2 aliphatic rings. The summed E-state index contributed by atoms with van der Waals surface area (Å²) in [5.74, 6) is 0.698. The van der Waals surface area contributed by atoms with E-state index >= 15 is 0 Å². The van der Waals surface area contributed by atoms with Crippen LogP contribution in [0.1, 0.15) is 19.3 Å². The van der Waals surface area contributed by atoms with Crippen LogP contribution >= 0.6 is 12.4 Å². The van der Waals surface area contributed by atoms with Crippen molar-refractivity contribution in [3.8, 4) is 5.75 Å². The molecule has 1 aromatic rings. The van der Waals surface area contributed by atoms with Crippen molar-refractivity contribution in [2.24, 2.45) is 5.73 Å². The number of rotatable bonds is 4. The van der Waals surface area contributed by atoms with Crippen molar-refractivity contribution < 1.29 is 14.3 Å². The van der Waals surface area contributed by atoms with E-state index in [9.17, 15) is 9.59 Å². The number of nitrogens with zero attached hydrogens (tertiary/aromatic N) is 2. The summed E-state index contributed by atoms with van der Waals surface area (Å²) in [5.41, 5.74) is 6.63. The molecule has 2 N–H and O–H groups in total. The molecular weight excluding hydrogens is 318 g/mol. The van der Waals surface area contributed by atoms with Gasteiger partial charge in [-0.25, -0.2) is 0 Å². The SMILES string of the molecule is Cl.N[C@@H]1CCN(C(=O)COc2cccc(N3CCCC3=O)c2)C1. The van der Waals surface area contributed by atoms with Gasteiger partial charge in [0.2, 0.25) is 5.91 Å². The van der Waals surface area contributed by atoms with Crippen LogP contribution < -0.4 is 15.4 Å². The number of hydrogen-bond acceptors (Lipinski definition) is 4. The Morgan fingerprint density at radius 1 is 1.35 bits per heavy atom. The lowest BCUT2D eigenvalue weighted by atomic mass is 10.3. The molecule has 2 heterocycles. The van der Waals surface area contributed by atoms with Gasteiger partial charge in [0.1, 0.15) is 5.75 Å². The Hall–Kier alpha value is -1.79.